The Labute approximate surface area is 188 Å². The number of nitrogens with one attached hydrogen (secondary N) is 2. The highest BCUT2D eigenvalue weighted by Gasteiger charge is 2.15. The van der Waals surface area contributed by atoms with Crippen LogP contribution in [-0.4, -0.2) is 44.0 Å². The Morgan fingerprint density at radius 1 is 1.13 bits per heavy atom. The van der Waals surface area contributed by atoms with E-state index in [0.29, 0.717) is 29.8 Å². The van der Waals surface area contributed by atoms with Crippen LogP contribution in [-0.2, 0) is 6.54 Å². The first kappa shape index (κ1) is 23.1. The normalized spacial score (nSPS) is 11.5. The van der Waals surface area contributed by atoms with Gasteiger partial charge in [0, 0.05) is 23.9 Å². The van der Waals surface area contributed by atoms with Crippen LogP contribution >= 0.6 is 11.8 Å². The van der Waals surface area contributed by atoms with Gasteiger partial charge in [0.25, 0.3) is 5.91 Å². The lowest BCUT2D eigenvalue weighted by Gasteiger charge is -2.12. The highest BCUT2D eigenvalue weighted by atomic mass is 32.2. The number of aryl methyl sites for hydroxylation is 2. The van der Waals surface area contributed by atoms with E-state index in [1.54, 1.807) is 18.0 Å². The van der Waals surface area contributed by atoms with Crippen LogP contribution in [0.3, 0.4) is 0 Å². The minimum absolute atomic E-state index is 0.0791. The van der Waals surface area contributed by atoms with Crippen molar-refractivity contribution in [1.82, 2.24) is 25.1 Å². The van der Waals surface area contributed by atoms with E-state index in [4.69, 9.17) is 9.97 Å². The third kappa shape index (κ3) is 5.97. The standard InChI is InChI=1S/C23H32N6OS/c1-14(2)12-25-20-19-13-26-29(21(19)28-23(27-20)31-15(3)4)10-9-24-22(30)18-8-7-16(5)17(6)11-18/h7-8,11,13-15H,9-10,12H2,1-6H3,(H,24,30)(H,25,27,28). The largest absolute Gasteiger partial charge is 0.369 e. The van der Waals surface area contributed by atoms with Gasteiger partial charge in [0.05, 0.1) is 18.1 Å². The van der Waals surface area contributed by atoms with Crippen molar-refractivity contribution in [2.24, 2.45) is 5.92 Å². The van der Waals surface area contributed by atoms with Crippen molar-refractivity contribution >= 4 is 34.5 Å². The third-order valence-electron chi connectivity index (χ3n) is 4.87. The molecule has 7 nitrogen and oxygen atoms in total. The summed E-state index contributed by atoms with van der Waals surface area (Å²) in [4.78, 5) is 21.9. The minimum Gasteiger partial charge on any atom is -0.369 e. The summed E-state index contributed by atoms with van der Waals surface area (Å²) >= 11 is 1.63. The van der Waals surface area contributed by atoms with Gasteiger partial charge in [-0.25, -0.2) is 14.6 Å². The van der Waals surface area contributed by atoms with Gasteiger partial charge in [-0.3, -0.25) is 4.79 Å². The van der Waals surface area contributed by atoms with Crippen LogP contribution in [0.2, 0.25) is 0 Å². The van der Waals surface area contributed by atoms with E-state index in [-0.39, 0.29) is 5.91 Å². The zero-order valence-corrected chi connectivity index (χ0v) is 20.0. The predicted molar refractivity (Wildman–Crippen MR) is 128 cm³/mol. The van der Waals surface area contributed by atoms with Crippen molar-refractivity contribution < 1.29 is 4.79 Å². The highest BCUT2D eigenvalue weighted by Crippen LogP contribution is 2.26. The summed E-state index contributed by atoms with van der Waals surface area (Å²) in [5.74, 6) is 1.23. The lowest BCUT2D eigenvalue weighted by atomic mass is 10.1. The van der Waals surface area contributed by atoms with Gasteiger partial charge in [-0.15, -0.1) is 0 Å². The molecule has 2 aromatic heterocycles. The lowest BCUT2D eigenvalue weighted by Crippen LogP contribution is -2.27. The summed E-state index contributed by atoms with van der Waals surface area (Å²) in [6.45, 7) is 14.5. The number of nitrogens with zero attached hydrogens (tertiary/aromatic N) is 4. The molecule has 0 saturated heterocycles. The van der Waals surface area contributed by atoms with Crippen LogP contribution in [0.1, 0.15) is 49.2 Å². The average molecular weight is 441 g/mol. The van der Waals surface area contributed by atoms with Gasteiger partial charge < -0.3 is 10.6 Å². The molecule has 8 heteroatoms. The average Bonchev–Trinajstić information content (AvgIpc) is 3.10. The first-order valence-corrected chi connectivity index (χ1v) is 11.6. The Kier molecular flexibility index (Phi) is 7.54. The number of rotatable bonds is 9. The van der Waals surface area contributed by atoms with Crippen LogP contribution in [0.5, 0.6) is 0 Å². The Morgan fingerprint density at radius 3 is 2.58 bits per heavy atom. The Hall–Kier alpha value is -2.61. The fourth-order valence-corrected chi connectivity index (χ4v) is 3.76. The predicted octanol–water partition coefficient (Wildman–Crippen LogP) is 4.44. The lowest BCUT2D eigenvalue weighted by molar-refractivity contribution is 0.0952. The Balaban J connectivity index is 1.75. The number of fused-ring (bicyclic) bond motifs is 1. The molecule has 0 radical (unpaired) electrons. The molecule has 0 aliphatic heterocycles. The minimum atomic E-state index is -0.0791. The van der Waals surface area contributed by atoms with Crippen LogP contribution < -0.4 is 10.6 Å². The molecule has 0 aliphatic rings. The second-order valence-corrected chi connectivity index (χ2v) is 10.00. The maximum atomic E-state index is 12.5. The number of thioether (sulfide) groups is 1. The maximum absolute atomic E-state index is 12.5. The van der Waals surface area contributed by atoms with E-state index >= 15 is 0 Å². The fourth-order valence-electron chi connectivity index (χ4n) is 3.06. The number of carbonyl (C=O) groups excluding carboxylic acids is 1. The van der Waals surface area contributed by atoms with Gasteiger partial charge in [0.15, 0.2) is 10.8 Å². The van der Waals surface area contributed by atoms with Gasteiger partial charge in [-0.1, -0.05) is 45.5 Å². The fraction of sp³-hybridized carbons (Fsp3) is 0.478. The number of carbonyl (C=O) groups is 1. The number of hydrogen-bond acceptors (Lipinski definition) is 6. The van der Waals surface area contributed by atoms with Gasteiger partial charge in [-0.2, -0.15) is 5.10 Å². The molecule has 0 bridgehead atoms. The summed E-state index contributed by atoms with van der Waals surface area (Å²) in [5, 5.41) is 12.9. The molecule has 3 aromatic rings. The molecule has 1 amide bonds. The smallest absolute Gasteiger partial charge is 0.251 e. The first-order chi connectivity index (χ1) is 14.7. The molecule has 0 atom stereocenters. The summed E-state index contributed by atoms with van der Waals surface area (Å²) in [6.07, 6.45) is 1.80. The molecule has 31 heavy (non-hydrogen) atoms. The molecule has 0 spiro atoms. The summed E-state index contributed by atoms with van der Waals surface area (Å²) in [6, 6.07) is 5.75. The molecule has 2 heterocycles. The van der Waals surface area contributed by atoms with Crippen molar-refractivity contribution in [3.8, 4) is 0 Å². The first-order valence-electron chi connectivity index (χ1n) is 10.7. The van der Waals surface area contributed by atoms with Gasteiger partial charge >= 0.3 is 0 Å². The monoisotopic (exact) mass is 440 g/mol. The highest BCUT2D eigenvalue weighted by molar-refractivity contribution is 7.99. The van der Waals surface area contributed by atoms with Crippen LogP contribution in [0.4, 0.5) is 5.82 Å². The molecule has 0 unspecified atom stereocenters. The van der Waals surface area contributed by atoms with E-state index in [9.17, 15) is 4.79 Å². The number of anilines is 1. The van der Waals surface area contributed by atoms with E-state index in [1.807, 2.05) is 36.7 Å². The van der Waals surface area contributed by atoms with Gasteiger partial charge in [0.2, 0.25) is 0 Å². The topological polar surface area (TPSA) is 84.7 Å². The third-order valence-corrected chi connectivity index (χ3v) is 5.74. The quantitative estimate of drug-likeness (QED) is 0.378. The number of hydrogen-bond donors (Lipinski definition) is 2. The maximum Gasteiger partial charge on any atom is 0.251 e. The Morgan fingerprint density at radius 2 is 1.90 bits per heavy atom. The molecule has 166 valence electrons. The summed E-state index contributed by atoms with van der Waals surface area (Å²) in [5.41, 5.74) is 3.74. The molecular weight excluding hydrogens is 408 g/mol. The van der Waals surface area contributed by atoms with Crippen LogP contribution in [0, 0.1) is 19.8 Å². The molecule has 3 rings (SSSR count). The van der Waals surface area contributed by atoms with Crippen LogP contribution in [0.15, 0.2) is 29.6 Å². The molecule has 2 N–H and O–H groups in total. The van der Waals surface area contributed by atoms with Crippen molar-refractivity contribution in [3.63, 3.8) is 0 Å². The SMILES string of the molecule is Cc1ccc(C(=O)NCCn2ncc3c(NCC(C)C)nc(SC(C)C)nc32)cc1C. The number of benzene rings is 1. The molecule has 1 aromatic carbocycles. The summed E-state index contributed by atoms with van der Waals surface area (Å²) < 4.78 is 1.84. The van der Waals surface area contributed by atoms with Crippen molar-refractivity contribution in [3.05, 3.63) is 41.1 Å². The van der Waals surface area contributed by atoms with Gasteiger partial charge in [-0.05, 0) is 43.0 Å². The number of aromatic nitrogens is 4. The molecule has 0 aliphatic carbocycles. The molecule has 0 fully saturated rings. The summed E-state index contributed by atoms with van der Waals surface area (Å²) in [7, 11) is 0. The van der Waals surface area contributed by atoms with E-state index in [1.165, 1.54) is 5.56 Å². The Bertz CT molecular complexity index is 1060. The second-order valence-electron chi connectivity index (χ2n) is 8.46. The van der Waals surface area contributed by atoms with Gasteiger partial charge in [0.1, 0.15) is 5.82 Å². The van der Waals surface area contributed by atoms with Crippen molar-refractivity contribution in [1.29, 1.82) is 0 Å². The molecule has 0 saturated carbocycles. The van der Waals surface area contributed by atoms with Crippen LogP contribution in [0.25, 0.3) is 11.0 Å². The number of amides is 1. The second kappa shape index (κ2) is 10.1. The zero-order valence-electron chi connectivity index (χ0n) is 19.2. The van der Waals surface area contributed by atoms with E-state index in [0.717, 1.165) is 34.1 Å². The van der Waals surface area contributed by atoms with Crippen molar-refractivity contribution in [2.45, 2.75) is 58.5 Å². The van der Waals surface area contributed by atoms with E-state index < -0.39 is 0 Å². The van der Waals surface area contributed by atoms with Crippen molar-refractivity contribution in [2.75, 3.05) is 18.4 Å². The molecular formula is C23H32N6OS. The zero-order chi connectivity index (χ0) is 22.5. The van der Waals surface area contributed by atoms with E-state index in [2.05, 4.69) is 43.4 Å².